The van der Waals surface area contributed by atoms with Crippen molar-refractivity contribution in [3.8, 4) is 0 Å². The Morgan fingerprint density at radius 2 is 2.25 bits per heavy atom. The number of pyridine rings is 1. The minimum atomic E-state index is -0.712. The molecule has 20 heavy (non-hydrogen) atoms. The average Bonchev–Trinajstić information content (AvgIpc) is 2.43. The maximum absolute atomic E-state index is 11.9. The molecular weight excluding hydrogens is 278 g/mol. The van der Waals surface area contributed by atoms with Crippen LogP contribution in [0.2, 0.25) is 0 Å². The number of hydrogen-bond donors (Lipinski definition) is 2. The number of esters is 1. The Hall–Kier alpha value is -1.63. The van der Waals surface area contributed by atoms with E-state index in [9.17, 15) is 9.00 Å². The van der Waals surface area contributed by atoms with E-state index in [1.54, 1.807) is 13.0 Å². The predicted molar refractivity (Wildman–Crippen MR) is 79.1 cm³/mol. The smallest absolute Gasteiger partial charge is 0.341 e. The lowest BCUT2D eigenvalue weighted by Crippen LogP contribution is -2.30. The van der Waals surface area contributed by atoms with Crippen molar-refractivity contribution in [2.45, 2.75) is 25.8 Å². The van der Waals surface area contributed by atoms with E-state index in [0.29, 0.717) is 35.2 Å². The molecule has 7 heteroatoms. The fraction of sp³-hybridized carbons (Fsp3) is 0.538. The summed E-state index contributed by atoms with van der Waals surface area (Å²) in [5.74, 6) is 1.41. The predicted octanol–water partition coefficient (Wildman–Crippen LogP) is 1.16. The Morgan fingerprint density at radius 1 is 1.55 bits per heavy atom. The van der Waals surface area contributed by atoms with Crippen LogP contribution in [0.25, 0.3) is 0 Å². The maximum atomic E-state index is 11.9. The third-order valence-corrected chi connectivity index (χ3v) is 4.52. The van der Waals surface area contributed by atoms with Crippen molar-refractivity contribution in [2.75, 3.05) is 29.2 Å². The highest BCUT2D eigenvalue weighted by Crippen LogP contribution is 2.21. The quantitative estimate of drug-likeness (QED) is 0.810. The molecule has 0 aliphatic carbocycles. The van der Waals surface area contributed by atoms with Gasteiger partial charge in [0.1, 0.15) is 11.4 Å². The van der Waals surface area contributed by atoms with Crippen LogP contribution in [0.5, 0.6) is 0 Å². The van der Waals surface area contributed by atoms with Gasteiger partial charge in [0.05, 0.1) is 18.5 Å². The number of anilines is 2. The second kappa shape index (κ2) is 6.69. The van der Waals surface area contributed by atoms with Gasteiger partial charge < -0.3 is 15.8 Å². The molecule has 2 rings (SSSR count). The average molecular weight is 297 g/mol. The molecule has 1 saturated heterocycles. The van der Waals surface area contributed by atoms with Gasteiger partial charge in [-0.1, -0.05) is 0 Å². The van der Waals surface area contributed by atoms with E-state index in [0.717, 1.165) is 12.8 Å². The van der Waals surface area contributed by atoms with Crippen molar-refractivity contribution in [1.82, 2.24) is 4.98 Å². The number of rotatable bonds is 4. The van der Waals surface area contributed by atoms with E-state index in [1.165, 1.54) is 6.20 Å². The molecule has 0 bridgehead atoms. The van der Waals surface area contributed by atoms with Crippen LogP contribution in [-0.2, 0) is 15.5 Å². The van der Waals surface area contributed by atoms with Gasteiger partial charge in [-0.2, -0.15) is 0 Å². The molecule has 2 heterocycles. The lowest BCUT2D eigenvalue weighted by atomic mass is 10.1. The van der Waals surface area contributed by atoms with Crippen molar-refractivity contribution in [2.24, 2.45) is 0 Å². The topological polar surface area (TPSA) is 94.3 Å². The van der Waals surface area contributed by atoms with Crippen molar-refractivity contribution in [3.05, 3.63) is 17.8 Å². The Labute approximate surface area is 120 Å². The van der Waals surface area contributed by atoms with Crippen LogP contribution < -0.4 is 11.1 Å². The molecule has 1 aromatic rings. The maximum Gasteiger partial charge on any atom is 0.341 e. The lowest BCUT2D eigenvalue weighted by molar-refractivity contribution is 0.0527. The van der Waals surface area contributed by atoms with Gasteiger partial charge in [-0.15, -0.1) is 0 Å². The summed E-state index contributed by atoms with van der Waals surface area (Å²) in [6.07, 6.45) is 3.12. The van der Waals surface area contributed by atoms with E-state index >= 15 is 0 Å². The summed E-state index contributed by atoms with van der Waals surface area (Å²) < 4.78 is 16.3. The first kappa shape index (κ1) is 14.8. The summed E-state index contributed by atoms with van der Waals surface area (Å²) in [4.78, 5) is 16.1. The SMILES string of the molecule is CCOC(=O)c1cc(N)cnc1NC1CCS(=O)CC1. The molecule has 0 saturated carbocycles. The molecule has 6 nitrogen and oxygen atoms in total. The fourth-order valence-electron chi connectivity index (χ4n) is 2.09. The fourth-order valence-corrected chi connectivity index (χ4v) is 3.39. The third kappa shape index (κ3) is 3.69. The molecular formula is C13H19N3O3S. The van der Waals surface area contributed by atoms with Gasteiger partial charge in [-0.25, -0.2) is 9.78 Å². The zero-order valence-electron chi connectivity index (χ0n) is 11.4. The van der Waals surface area contributed by atoms with E-state index in [2.05, 4.69) is 10.3 Å². The zero-order chi connectivity index (χ0) is 14.5. The van der Waals surface area contributed by atoms with E-state index in [-0.39, 0.29) is 6.04 Å². The van der Waals surface area contributed by atoms with Crippen LogP contribution in [0.3, 0.4) is 0 Å². The Bertz CT molecular complexity index is 512. The molecule has 0 amide bonds. The molecule has 0 spiro atoms. The molecule has 0 radical (unpaired) electrons. The monoisotopic (exact) mass is 297 g/mol. The highest BCUT2D eigenvalue weighted by atomic mass is 32.2. The molecule has 0 unspecified atom stereocenters. The van der Waals surface area contributed by atoms with Gasteiger partial charge in [0.15, 0.2) is 0 Å². The number of carbonyl (C=O) groups excluding carboxylic acids is 1. The number of aromatic nitrogens is 1. The minimum Gasteiger partial charge on any atom is -0.462 e. The first-order valence-electron chi connectivity index (χ1n) is 6.64. The number of nitrogens with two attached hydrogens (primary N) is 1. The van der Waals surface area contributed by atoms with Crippen LogP contribution in [0.15, 0.2) is 12.3 Å². The zero-order valence-corrected chi connectivity index (χ0v) is 12.2. The number of nitrogens with zero attached hydrogens (tertiary/aromatic N) is 1. The normalized spacial score (nSPS) is 22.2. The van der Waals surface area contributed by atoms with Gasteiger partial charge in [-0.05, 0) is 25.8 Å². The number of nitrogens with one attached hydrogen (secondary N) is 1. The third-order valence-electron chi connectivity index (χ3n) is 3.13. The highest BCUT2D eigenvalue weighted by Gasteiger charge is 2.21. The van der Waals surface area contributed by atoms with Gasteiger partial charge in [0.2, 0.25) is 0 Å². The standard InChI is InChI=1S/C13H19N3O3S/c1-2-19-13(17)11-7-9(14)8-15-12(11)16-10-3-5-20(18)6-4-10/h7-8,10H,2-6,14H2,1H3,(H,15,16). The molecule has 0 aromatic carbocycles. The summed E-state index contributed by atoms with van der Waals surface area (Å²) in [6.45, 7) is 2.05. The number of ether oxygens (including phenoxy) is 1. The van der Waals surface area contributed by atoms with Crippen LogP contribution in [-0.4, -0.2) is 39.3 Å². The lowest BCUT2D eigenvalue weighted by Gasteiger charge is -2.24. The van der Waals surface area contributed by atoms with Gasteiger partial charge in [-0.3, -0.25) is 4.21 Å². The second-order valence-corrected chi connectivity index (χ2v) is 6.35. The van der Waals surface area contributed by atoms with Crippen LogP contribution >= 0.6 is 0 Å². The summed E-state index contributed by atoms with van der Waals surface area (Å²) in [5.41, 5.74) is 6.44. The molecule has 1 aromatic heterocycles. The molecule has 1 fully saturated rings. The molecule has 1 aliphatic rings. The van der Waals surface area contributed by atoms with Crippen LogP contribution in [0.1, 0.15) is 30.1 Å². The Balaban J connectivity index is 2.14. The van der Waals surface area contributed by atoms with Crippen LogP contribution in [0.4, 0.5) is 11.5 Å². The van der Waals surface area contributed by atoms with Gasteiger partial charge in [0.25, 0.3) is 0 Å². The largest absolute Gasteiger partial charge is 0.462 e. The highest BCUT2D eigenvalue weighted by molar-refractivity contribution is 7.85. The first-order valence-corrected chi connectivity index (χ1v) is 8.13. The van der Waals surface area contributed by atoms with E-state index in [1.807, 2.05) is 0 Å². The first-order chi connectivity index (χ1) is 9.60. The summed E-state index contributed by atoms with van der Waals surface area (Å²) in [7, 11) is -0.712. The molecule has 110 valence electrons. The van der Waals surface area contributed by atoms with Crippen molar-refractivity contribution < 1.29 is 13.7 Å². The number of nitrogen functional groups attached to an aromatic ring is 1. The molecule has 1 aliphatic heterocycles. The van der Waals surface area contributed by atoms with E-state index in [4.69, 9.17) is 10.5 Å². The van der Waals surface area contributed by atoms with Crippen molar-refractivity contribution in [1.29, 1.82) is 0 Å². The van der Waals surface area contributed by atoms with Crippen molar-refractivity contribution in [3.63, 3.8) is 0 Å². The Kier molecular flexibility index (Phi) is 4.94. The molecule has 0 atom stereocenters. The Morgan fingerprint density at radius 3 is 2.90 bits per heavy atom. The molecule has 3 N–H and O–H groups in total. The minimum absolute atomic E-state index is 0.178. The summed E-state index contributed by atoms with van der Waals surface area (Å²) >= 11 is 0. The van der Waals surface area contributed by atoms with Gasteiger partial charge >= 0.3 is 5.97 Å². The summed E-state index contributed by atoms with van der Waals surface area (Å²) in [6, 6.07) is 1.74. The van der Waals surface area contributed by atoms with Crippen molar-refractivity contribution >= 4 is 28.3 Å². The number of carbonyl (C=O) groups is 1. The number of hydrogen-bond acceptors (Lipinski definition) is 6. The van der Waals surface area contributed by atoms with Crippen LogP contribution in [0, 0.1) is 0 Å². The van der Waals surface area contributed by atoms with E-state index < -0.39 is 16.8 Å². The second-order valence-electron chi connectivity index (χ2n) is 4.65. The summed E-state index contributed by atoms with van der Waals surface area (Å²) in [5, 5.41) is 3.23. The van der Waals surface area contributed by atoms with Gasteiger partial charge in [0, 0.05) is 28.3 Å².